The topological polar surface area (TPSA) is 40.6 Å². The highest BCUT2D eigenvalue weighted by atomic mass is 35.5. The maximum absolute atomic E-state index is 12.9. The number of hydrogen-bond donors (Lipinski definition) is 0. The molecule has 0 amide bonds. The Bertz CT molecular complexity index is 897. The van der Waals surface area contributed by atoms with Crippen LogP contribution in [0, 0.1) is 6.92 Å². The normalized spacial score (nSPS) is 16.7. The molecule has 0 heterocycles. The van der Waals surface area contributed by atoms with Crippen molar-refractivity contribution in [3.8, 4) is 0 Å². The van der Waals surface area contributed by atoms with E-state index in [1.54, 1.807) is 25.2 Å². The Morgan fingerprint density at radius 1 is 1.04 bits per heavy atom. The molecule has 146 valence electrons. The van der Waals surface area contributed by atoms with Gasteiger partial charge in [-0.2, -0.15) is 0 Å². The van der Waals surface area contributed by atoms with Crippen molar-refractivity contribution >= 4 is 22.4 Å². The fourth-order valence-electron chi connectivity index (χ4n) is 3.36. The third-order valence-electron chi connectivity index (χ3n) is 5.02. The Hall–Kier alpha value is -1.82. The molecule has 3 rings (SSSR count). The molecule has 0 aromatic heterocycles. The molecule has 0 bridgehead atoms. The molecule has 2 aromatic rings. The van der Waals surface area contributed by atoms with Crippen molar-refractivity contribution in [2.45, 2.75) is 37.2 Å². The zero-order valence-corrected chi connectivity index (χ0v) is 17.6. The maximum Gasteiger partial charge on any atom is 0.263 e. The lowest BCUT2D eigenvalue weighted by Crippen LogP contribution is -2.31. The smallest absolute Gasteiger partial charge is 0.263 e. The van der Waals surface area contributed by atoms with E-state index < -0.39 is 10.0 Å². The lowest BCUT2D eigenvalue weighted by atomic mass is 10.1. The van der Waals surface area contributed by atoms with Crippen molar-refractivity contribution in [2.75, 3.05) is 14.1 Å². The molecule has 1 aliphatic carbocycles. The number of aryl methyl sites for hydroxylation is 1. The summed E-state index contributed by atoms with van der Waals surface area (Å²) in [6, 6.07) is 17.7. The van der Waals surface area contributed by atoms with Crippen molar-refractivity contribution in [2.24, 2.45) is 0 Å². The molecule has 0 saturated heterocycles. The van der Waals surface area contributed by atoms with E-state index in [9.17, 15) is 8.42 Å². The molecule has 0 unspecified atom stereocenters. The minimum atomic E-state index is -3.51. The number of nitrogens with zero attached hydrogens (tertiary/aromatic N) is 2. The molecule has 0 saturated carbocycles. The van der Waals surface area contributed by atoms with Gasteiger partial charge in [0.15, 0.2) is 0 Å². The minimum Gasteiger partial charge on any atom is -0.298 e. The van der Waals surface area contributed by atoms with Crippen molar-refractivity contribution in [3.05, 3.63) is 77.5 Å². The number of rotatable bonds is 6. The molecule has 2 aromatic carbocycles. The second-order valence-corrected chi connectivity index (χ2v) is 8.95. The average Bonchev–Trinajstić information content (AvgIpc) is 3.12. The Labute approximate surface area is 169 Å². The summed E-state index contributed by atoms with van der Waals surface area (Å²) in [4.78, 5) is 2.65. The van der Waals surface area contributed by atoms with Gasteiger partial charge in [-0.3, -0.25) is 9.21 Å². The Morgan fingerprint density at radius 2 is 1.74 bits per heavy atom. The van der Waals surface area contributed by atoms with Gasteiger partial charge in [-0.15, -0.1) is 12.4 Å². The number of sulfonamides is 1. The van der Waals surface area contributed by atoms with Gasteiger partial charge < -0.3 is 0 Å². The maximum atomic E-state index is 12.9. The molecule has 4 nitrogen and oxygen atoms in total. The van der Waals surface area contributed by atoms with Crippen LogP contribution in [-0.2, 0) is 16.6 Å². The van der Waals surface area contributed by atoms with Crippen LogP contribution in [0.4, 0.5) is 0 Å². The van der Waals surface area contributed by atoms with E-state index >= 15 is 0 Å². The van der Waals surface area contributed by atoms with Crippen LogP contribution in [0.3, 0.4) is 0 Å². The summed E-state index contributed by atoms with van der Waals surface area (Å²) >= 11 is 0. The molecule has 0 radical (unpaired) electrons. The van der Waals surface area contributed by atoms with Gasteiger partial charge in [0.2, 0.25) is 0 Å². The third kappa shape index (κ3) is 4.92. The quantitative estimate of drug-likeness (QED) is 0.721. The summed E-state index contributed by atoms with van der Waals surface area (Å²) in [5.74, 6) is 0. The van der Waals surface area contributed by atoms with Crippen LogP contribution >= 0.6 is 12.4 Å². The molecule has 0 spiro atoms. The van der Waals surface area contributed by atoms with Crippen LogP contribution in [0.2, 0.25) is 0 Å². The first kappa shape index (κ1) is 21.5. The number of benzene rings is 2. The Kier molecular flexibility index (Phi) is 7.09. The van der Waals surface area contributed by atoms with Gasteiger partial charge >= 0.3 is 0 Å². The first-order chi connectivity index (χ1) is 12.4. The van der Waals surface area contributed by atoms with Gasteiger partial charge in [0, 0.05) is 31.8 Å². The van der Waals surface area contributed by atoms with E-state index in [-0.39, 0.29) is 12.4 Å². The molecule has 1 aliphatic rings. The number of hydrogen-bond acceptors (Lipinski definition) is 3. The summed E-state index contributed by atoms with van der Waals surface area (Å²) < 4.78 is 27.3. The second-order valence-electron chi connectivity index (χ2n) is 6.98. The van der Waals surface area contributed by atoms with Gasteiger partial charge in [-0.05, 0) is 43.7 Å². The van der Waals surface area contributed by atoms with E-state index in [0.717, 1.165) is 30.6 Å². The predicted octanol–water partition coefficient (Wildman–Crippen LogP) is 4.22. The van der Waals surface area contributed by atoms with Crippen molar-refractivity contribution in [1.82, 2.24) is 9.21 Å². The SMILES string of the molecule is Cc1cccc(S(=O)(=O)N(C)C2=CC[C@H](N(C)Cc3ccccc3)C2)c1.Cl. The fourth-order valence-corrected chi connectivity index (χ4v) is 4.72. The zero-order chi connectivity index (χ0) is 18.7. The van der Waals surface area contributed by atoms with Gasteiger partial charge in [-0.1, -0.05) is 48.5 Å². The standard InChI is InChI=1S/C21H26N2O2S.ClH/c1-17-8-7-11-21(14-17)26(24,25)23(3)20-13-12-19(15-20)22(2)16-18-9-5-4-6-10-18;/h4-11,13-14,19H,12,15-16H2,1-3H3;1H/t19-;/m0./s1. The second kappa shape index (κ2) is 8.91. The van der Waals surface area contributed by atoms with Crippen molar-refractivity contribution in [3.63, 3.8) is 0 Å². The van der Waals surface area contributed by atoms with Crippen molar-refractivity contribution in [1.29, 1.82) is 0 Å². The zero-order valence-electron chi connectivity index (χ0n) is 16.0. The highest BCUT2D eigenvalue weighted by molar-refractivity contribution is 7.89. The highest BCUT2D eigenvalue weighted by Crippen LogP contribution is 2.29. The Morgan fingerprint density at radius 3 is 2.41 bits per heavy atom. The summed E-state index contributed by atoms with van der Waals surface area (Å²) in [7, 11) is 0.250. The van der Waals surface area contributed by atoms with Gasteiger partial charge in [0.05, 0.1) is 4.90 Å². The van der Waals surface area contributed by atoms with Gasteiger partial charge in [0.1, 0.15) is 0 Å². The molecule has 0 N–H and O–H groups in total. The first-order valence-electron chi connectivity index (χ1n) is 8.87. The number of halogens is 1. The molecule has 1 atom stereocenters. The van der Waals surface area contributed by atoms with Gasteiger partial charge in [-0.25, -0.2) is 8.42 Å². The minimum absolute atomic E-state index is 0. The molecule has 0 aliphatic heterocycles. The Balaban J connectivity index is 0.00000261. The summed E-state index contributed by atoms with van der Waals surface area (Å²) in [5, 5.41) is 0. The van der Waals surface area contributed by atoms with E-state index in [1.165, 1.54) is 9.87 Å². The van der Waals surface area contributed by atoms with Crippen LogP contribution in [0.1, 0.15) is 24.0 Å². The third-order valence-corrected chi connectivity index (χ3v) is 6.83. The highest BCUT2D eigenvalue weighted by Gasteiger charge is 2.29. The van der Waals surface area contributed by atoms with Gasteiger partial charge in [0.25, 0.3) is 10.0 Å². The van der Waals surface area contributed by atoms with E-state index in [0.29, 0.717) is 10.9 Å². The molecule has 27 heavy (non-hydrogen) atoms. The van der Waals surface area contributed by atoms with Crippen LogP contribution in [0.15, 0.2) is 71.3 Å². The van der Waals surface area contributed by atoms with Crippen LogP contribution in [0.5, 0.6) is 0 Å². The molecule has 6 heteroatoms. The monoisotopic (exact) mass is 406 g/mol. The average molecular weight is 407 g/mol. The van der Waals surface area contributed by atoms with Crippen LogP contribution < -0.4 is 0 Å². The van der Waals surface area contributed by atoms with Crippen molar-refractivity contribution < 1.29 is 8.42 Å². The fraction of sp³-hybridized carbons (Fsp3) is 0.333. The summed E-state index contributed by atoms with van der Waals surface area (Å²) in [6.45, 7) is 2.77. The van der Waals surface area contributed by atoms with Crippen LogP contribution in [0.25, 0.3) is 0 Å². The largest absolute Gasteiger partial charge is 0.298 e. The van der Waals surface area contributed by atoms with Crippen LogP contribution in [-0.4, -0.2) is 37.8 Å². The summed E-state index contributed by atoms with van der Waals surface area (Å²) in [6.07, 6.45) is 3.66. The van der Waals surface area contributed by atoms with E-state index in [2.05, 4.69) is 30.2 Å². The lowest BCUT2D eigenvalue weighted by Gasteiger charge is -2.26. The predicted molar refractivity (Wildman–Crippen MR) is 112 cm³/mol. The van der Waals surface area contributed by atoms with E-state index in [4.69, 9.17) is 0 Å². The van der Waals surface area contributed by atoms with E-state index in [1.807, 2.05) is 31.2 Å². The molecule has 0 fully saturated rings. The first-order valence-corrected chi connectivity index (χ1v) is 10.3. The molecular weight excluding hydrogens is 380 g/mol. The lowest BCUT2D eigenvalue weighted by molar-refractivity contribution is 0.238. The molecular formula is C21H27ClN2O2S. The summed E-state index contributed by atoms with van der Waals surface area (Å²) in [5.41, 5.74) is 3.08.